The molecule has 1 aromatic carbocycles. The summed E-state index contributed by atoms with van der Waals surface area (Å²) in [5, 5.41) is 0. The van der Waals surface area contributed by atoms with Crippen molar-refractivity contribution in [3.63, 3.8) is 0 Å². The highest BCUT2D eigenvalue weighted by Crippen LogP contribution is 2.29. The second-order valence-corrected chi connectivity index (χ2v) is 5.77. The molecule has 0 fully saturated rings. The van der Waals surface area contributed by atoms with E-state index in [0.717, 1.165) is 18.7 Å². The minimum absolute atomic E-state index is 0.602. The molecule has 0 aromatic heterocycles. The van der Waals surface area contributed by atoms with Crippen molar-refractivity contribution in [2.24, 2.45) is 11.7 Å². The van der Waals surface area contributed by atoms with Crippen molar-refractivity contribution in [3.05, 3.63) is 29.8 Å². The molecule has 1 aromatic rings. The van der Waals surface area contributed by atoms with Crippen LogP contribution >= 0.6 is 11.8 Å². The van der Waals surface area contributed by atoms with Crippen LogP contribution in [0.2, 0.25) is 0 Å². The molecule has 1 nitrogen and oxygen atoms in total. The third-order valence-electron chi connectivity index (χ3n) is 2.90. The lowest BCUT2D eigenvalue weighted by Gasteiger charge is -2.20. The summed E-state index contributed by atoms with van der Waals surface area (Å²) in [6, 6.07) is 8.99. The molecular weight excluding hydrogens is 214 g/mol. The monoisotopic (exact) mass is 237 g/mol. The normalized spacial score (nSPS) is 13.1. The first-order chi connectivity index (χ1) is 7.69. The van der Waals surface area contributed by atoms with E-state index in [0.29, 0.717) is 11.8 Å². The zero-order valence-electron chi connectivity index (χ0n) is 10.6. The predicted octanol–water partition coefficient (Wildman–Crippen LogP) is 3.89. The Morgan fingerprint density at radius 1 is 1.19 bits per heavy atom. The highest BCUT2D eigenvalue weighted by Gasteiger charge is 2.14. The molecule has 0 saturated carbocycles. The van der Waals surface area contributed by atoms with Crippen LogP contribution in [0.15, 0.2) is 29.2 Å². The molecule has 0 amide bonds. The van der Waals surface area contributed by atoms with Gasteiger partial charge in [0.25, 0.3) is 0 Å². The van der Waals surface area contributed by atoms with Gasteiger partial charge in [-0.1, -0.05) is 32.9 Å². The summed E-state index contributed by atoms with van der Waals surface area (Å²) >= 11 is 1.89. The zero-order valence-corrected chi connectivity index (χ0v) is 11.4. The van der Waals surface area contributed by atoms with Crippen LogP contribution in [-0.4, -0.2) is 12.3 Å². The number of hydrogen-bond acceptors (Lipinski definition) is 2. The van der Waals surface area contributed by atoms with E-state index in [9.17, 15) is 0 Å². The second kappa shape index (κ2) is 6.97. The molecule has 2 heteroatoms. The van der Waals surface area contributed by atoms with Crippen LogP contribution in [0.25, 0.3) is 0 Å². The SMILES string of the molecule is CCSc1ccc(C(CCN)C(C)C)cc1. The molecule has 0 heterocycles. The molecule has 16 heavy (non-hydrogen) atoms. The maximum Gasteiger partial charge on any atom is 0.00720 e. The van der Waals surface area contributed by atoms with E-state index in [-0.39, 0.29) is 0 Å². The van der Waals surface area contributed by atoms with Crippen molar-refractivity contribution < 1.29 is 0 Å². The molecule has 2 N–H and O–H groups in total. The predicted molar refractivity (Wildman–Crippen MR) is 74.1 cm³/mol. The highest BCUT2D eigenvalue weighted by atomic mass is 32.2. The van der Waals surface area contributed by atoms with Crippen LogP contribution in [0, 0.1) is 5.92 Å². The average Bonchev–Trinajstić information content (AvgIpc) is 2.27. The molecule has 1 atom stereocenters. The zero-order chi connectivity index (χ0) is 12.0. The van der Waals surface area contributed by atoms with Crippen LogP contribution < -0.4 is 5.73 Å². The van der Waals surface area contributed by atoms with Gasteiger partial charge in [-0.25, -0.2) is 0 Å². The van der Waals surface area contributed by atoms with Gasteiger partial charge >= 0.3 is 0 Å². The standard InChI is InChI=1S/C14H23NS/c1-4-16-13-7-5-12(6-8-13)14(9-10-15)11(2)3/h5-8,11,14H,4,9-10,15H2,1-3H3. The minimum atomic E-state index is 0.602. The fourth-order valence-corrected chi connectivity index (χ4v) is 2.70. The summed E-state index contributed by atoms with van der Waals surface area (Å²) in [6.07, 6.45) is 1.08. The van der Waals surface area contributed by atoms with Crippen LogP contribution in [0.3, 0.4) is 0 Å². The van der Waals surface area contributed by atoms with E-state index < -0.39 is 0 Å². The molecular formula is C14H23NS. The number of thioether (sulfide) groups is 1. The van der Waals surface area contributed by atoms with Gasteiger partial charge < -0.3 is 5.73 Å². The van der Waals surface area contributed by atoms with Crippen molar-refractivity contribution in [1.82, 2.24) is 0 Å². The van der Waals surface area contributed by atoms with Crippen molar-refractivity contribution >= 4 is 11.8 Å². The quantitative estimate of drug-likeness (QED) is 0.760. The van der Waals surface area contributed by atoms with Gasteiger partial charge in [-0.05, 0) is 48.3 Å². The molecule has 0 bridgehead atoms. The largest absolute Gasteiger partial charge is 0.330 e. The topological polar surface area (TPSA) is 26.0 Å². The number of rotatable bonds is 6. The number of hydrogen-bond donors (Lipinski definition) is 1. The van der Waals surface area contributed by atoms with Crippen LogP contribution in [0.1, 0.15) is 38.7 Å². The Balaban J connectivity index is 2.77. The maximum absolute atomic E-state index is 5.68. The summed E-state index contributed by atoms with van der Waals surface area (Å²) in [5.74, 6) is 2.40. The molecule has 1 unspecified atom stereocenters. The molecule has 1 rings (SSSR count). The van der Waals surface area contributed by atoms with Gasteiger partial charge in [-0.15, -0.1) is 11.8 Å². The Kier molecular flexibility index (Phi) is 5.93. The summed E-state index contributed by atoms with van der Waals surface area (Å²) in [6.45, 7) is 7.50. The van der Waals surface area contributed by atoms with Crippen LogP contribution in [-0.2, 0) is 0 Å². The first-order valence-electron chi connectivity index (χ1n) is 6.11. The lowest BCUT2D eigenvalue weighted by Crippen LogP contribution is -2.12. The van der Waals surface area contributed by atoms with Crippen molar-refractivity contribution in [1.29, 1.82) is 0 Å². The summed E-state index contributed by atoms with van der Waals surface area (Å²) in [7, 11) is 0. The first-order valence-corrected chi connectivity index (χ1v) is 7.10. The Morgan fingerprint density at radius 2 is 1.81 bits per heavy atom. The van der Waals surface area contributed by atoms with Crippen molar-refractivity contribution in [3.8, 4) is 0 Å². The Morgan fingerprint density at radius 3 is 2.25 bits per heavy atom. The van der Waals surface area contributed by atoms with Gasteiger partial charge in [0.15, 0.2) is 0 Å². The Hall–Kier alpha value is -0.470. The van der Waals surface area contributed by atoms with E-state index >= 15 is 0 Å². The van der Waals surface area contributed by atoms with Gasteiger partial charge in [0.1, 0.15) is 0 Å². The third-order valence-corrected chi connectivity index (χ3v) is 3.80. The molecule has 0 radical (unpaired) electrons. The Labute approximate surface area is 104 Å². The molecule has 0 aliphatic heterocycles. The van der Waals surface area contributed by atoms with Gasteiger partial charge in [0, 0.05) is 4.90 Å². The van der Waals surface area contributed by atoms with E-state index in [4.69, 9.17) is 5.73 Å². The molecule has 0 saturated heterocycles. The number of nitrogens with two attached hydrogens (primary N) is 1. The van der Waals surface area contributed by atoms with Crippen LogP contribution in [0.5, 0.6) is 0 Å². The highest BCUT2D eigenvalue weighted by molar-refractivity contribution is 7.99. The van der Waals surface area contributed by atoms with E-state index in [1.165, 1.54) is 10.5 Å². The molecule has 0 aliphatic carbocycles. The van der Waals surface area contributed by atoms with Crippen LogP contribution in [0.4, 0.5) is 0 Å². The van der Waals surface area contributed by atoms with E-state index in [2.05, 4.69) is 45.0 Å². The van der Waals surface area contributed by atoms with Gasteiger partial charge in [0.05, 0.1) is 0 Å². The smallest absolute Gasteiger partial charge is 0.00720 e. The summed E-state index contributed by atoms with van der Waals surface area (Å²) in [4.78, 5) is 1.36. The fraction of sp³-hybridized carbons (Fsp3) is 0.571. The first kappa shape index (κ1) is 13.6. The molecule has 0 aliphatic rings. The average molecular weight is 237 g/mol. The lowest BCUT2D eigenvalue weighted by molar-refractivity contribution is 0.473. The number of benzene rings is 1. The summed E-state index contributed by atoms with van der Waals surface area (Å²) < 4.78 is 0. The van der Waals surface area contributed by atoms with Crippen molar-refractivity contribution in [2.75, 3.05) is 12.3 Å². The molecule has 0 spiro atoms. The van der Waals surface area contributed by atoms with E-state index in [1.54, 1.807) is 0 Å². The van der Waals surface area contributed by atoms with Gasteiger partial charge in [-0.2, -0.15) is 0 Å². The minimum Gasteiger partial charge on any atom is -0.330 e. The van der Waals surface area contributed by atoms with Gasteiger partial charge in [0.2, 0.25) is 0 Å². The lowest BCUT2D eigenvalue weighted by atomic mass is 9.86. The fourth-order valence-electron chi connectivity index (χ4n) is 2.04. The Bertz CT molecular complexity index is 292. The van der Waals surface area contributed by atoms with Gasteiger partial charge in [-0.3, -0.25) is 0 Å². The second-order valence-electron chi connectivity index (χ2n) is 4.43. The van der Waals surface area contributed by atoms with Crippen molar-refractivity contribution in [2.45, 2.75) is 38.0 Å². The summed E-state index contributed by atoms with van der Waals surface area (Å²) in [5.41, 5.74) is 7.11. The third kappa shape index (κ3) is 3.84. The maximum atomic E-state index is 5.68. The molecule has 90 valence electrons. The van der Waals surface area contributed by atoms with E-state index in [1.807, 2.05) is 11.8 Å².